The second-order valence-electron chi connectivity index (χ2n) is 4.04. The summed E-state index contributed by atoms with van der Waals surface area (Å²) in [5, 5.41) is 9.59. The predicted octanol–water partition coefficient (Wildman–Crippen LogP) is 3.52. The Hall–Kier alpha value is -0.320. The van der Waals surface area contributed by atoms with E-state index in [-0.39, 0.29) is 24.2 Å². The minimum Gasteiger partial charge on any atom is -0.505 e. The third-order valence-electron chi connectivity index (χ3n) is 3.07. The molecule has 0 aliphatic heterocycles. The molecule has 0 radical (unpaired) electrons. The van der Waals surface area contributed by atoms with E-state index in [0.717, 1.165) is 12.8 Å². The number of phenols is 1. The number of hydrogen-bond acceptors (Lipinski definition) is 2. The van der Waals surface area contributed by atoms with Gasteiger partial charge in [0.15, 0.2) is 11.6 Å². The van der Waals surface area contributed by atoms with Gasteiger partial charge in [0.25, 0.3) is 0 Å². The highest BCUT2D eigenvalue weighted by atomic mass is 79.9. The number of rotatable bonds is 2. The van der Waals surface area contributed by atoms with Crippen LogP contribution in [0.1, 0.15) is 30.9 Å². The Morgan fingerprint density at radius 1 is 1.44 bits per heavy atom. The van der Waals surface area contributed by atoms with Crippen molar-refractivity contribution in [2.45, 2.75) is 25.3 Å². The van der Waals surface area contributed by atoms with Crippen molar-refractivity contribution in [3.8, 4) is 5.75 Å². The standard InChI is InChI=1S/C11H13BrFNO.ClH/c12-7-4-8(11(15)9(13)5-7)10(14)6-2-1-3-6;/h4-6,10,15H,1-3,14H2;1H/t10-;/m1./s1. The number of hydrogen-bond donors (Lipinski definition) is 2. The van der Waals surface area contributed by atoms with Crippen LogP contribution >= 0.6 is 28.3 Å². The van der Waals surface area contributed by atoms with Gasteiger partial charge in [-0.05, 0) is 30.9 Å². The van der Waals surface area contributed by atoms with Crippen molar-refractivity contribution in [2.24, 2.45) is 11.7 Å². The summed E-state index contributed by atoms with van der Waals surface area (Å²) in [6.45, 7) is 0. The highest BCUT2D eigenvalue weighted by Gasteiger charge is 2.28. The molecule has 1 atom stereocenters. The van der Waals surface area contributed by atoms with Crippen molar-refractivity contribution in [3.63, 3.8) is 0 Å². The average molecular weight is 311 g/mol. The van der Waals surface area contributed by atoms with Gasteiger partial charge in [-0.15, -0.1) is 12.4 Å². The molecule has 0 bridgehead atoms. The molecule has 1 saturated carbocycles. The average Bonchev–Trinajstić information content (AvgIpc) is 2.08. The molecule has 0 aromatic heterocycles. The second kappa shape index (κ2) is 5.34. The van der Waals surface area contributed by atoms with Crippen LogP contribution in [-0.2, 0) is 0 Å². The topological polar surface area (TPSA) is 46.2 Å². The third kappa shape index (κ3) is 2.50. The normalized spacial score (nSPS) is 17.4. The van der Waals surface area contributed by atoms with Crippen LogP contribution in [0, 0.1) is 11.7 Å². The van der Waals surface area contributed by atoms with Gasteiger partial charge in [0.05, 0.1) is 0 Å². The van der Waals surface area contributed by atoms with Crippen molar-refractivity contribution in [1.29, 1.82) is 0 Å². The van der Waals surface area contributed by atoms with Gasteiger partial charge >= 0.3 is 0 Å². The zero-order valence-corrected chi connectivity index (χ0v) is 11.0. The molecule has 0 amide bonds. The summed E-state index contributed by atoms with van der Waals surface area (Å²) >= 11 is 3.20. The Morgan fingerprint density at radius 2 is 2.06 bits per heavy atom. The van der Waals surface area contributed by atoms with Crippen LogP contribution in [0.2, 0.25) is 0 Å². The van der Waals surface area contributed by atoms with E-state index in [1.54, 1.807) is 6.07 Å². The third-order valence-corrected chi connectivity index (χ3v) is 3.53. The molecule has 16 heavy (non-hydrogen) atoms. The molecule has 5 heteroatoms. The maximum Gasteiger partial charge on any atom is 0.166 e. The van der Waals surface area contributed by atoms with E-state index < -0.39 is 5.82 Å². The molecular weight excluding hydrogens is 296 g/mol. The fourth-order valence-electron chi connectivity index (χ4n) is 1.89. The van der Waals surface area contributed by atoms with E-state index in [2.05, 4.69) is 15.9 Å². The van der Waals surface area contributed by atoms with Crippen molar-refractivity contribution < 1.29 is 9.50 Å². The number of nitrogens with two attached hydrogens (primary N) is 1. The van der Waals surface area contributed by atoms with E-state index >= 15 is 0 Å². The molecule has 1 aliphatic carbocycles. The van der Waals surface area contributed by atoms with Crippen LogP contribution in [0.3, 0.4) is 0 Å². The molecule has 1 aromatic carbocycles. The van der Waals surface area contributed by atoms with Gasteiger partial charge in [-0.2, -0.15) is 0 Å². The fourth-order valence-corrected chi connectivity index (χ4v) is 2.34. The first-order valence-corrected chi connectivity index (χ1v) is 5.82. The summed E-state index contributed by atoms with van der Waals surface area (Å²) in [5.41, 5.74) is 6.50. The SMILES string of the molecule is Cl.N[C@@H](c1cc(Br)cc(F)c1O)C1CCC1. The molecule has 1 fully saturated rings. The molecule has 1 aliphatic rings. The molecule has 0 saturated heterocycles. The first kappa shape index (κ1) is 13.7. The lowest BCUT2D eigenvalue weighted by Crippen LogP contribution is -2.27. The molecular formula is C11H14BrClFNO. The van der Waals surface area contributed by atoms with Crippen molar-refractivity contribution in [3.05, 3.63) is 28.0 Å². The minimum atomic E-state index is -0.617. The lowest BCUT2D eigenvalue weighted by molar-refractivity contribution is 0.259. The fraction of sp³-hybridized carbons (Fsp3) is 0.455. The van der Waals surface area contributed by atoms with Gasteiger partial charge in [-0.25, -0.2) is 4.39 Å². The Bertz CT molecular complexity index is 384. The molecule has 0 spiro atoms. The van der Waals surface area contributed by atoms with Gasteiger partial charge in [-0.3, -0.25) is 0 Å². The molecule has 0 unspecified atom stereocenters. The monoisotopic (exact) mass is 309 g/mol. The Labute approximate surface area is 109 Å². The minimum absolute atomic E-state index is 0. The molecule has 3 N–H and O–H groups in total. The Morgan fingerprint density at radius 3 is 2.56 bits per heavy atom. The van der Waals surface area contributed by atoms with Gasteiger partial charge in [0.1, 0.15) is 0 Å². The predicted molar refractivity (Wildman–Crippen MR) is 67.3 cm³/mol. The quantitative estimate of drug-likeness (QED) is 0.878. The van der Waals surface area contributed by atoms with Crippen molar-refractivity contribution in [1.82, 2.24) is 0 Å². The van der Waals surface area contributed by atoms with Crippen LogP contribution in [-0.4, -0.2) is 5.11 Å². The molecule has 2 nitrogen and oxygen atoms in total. The number of benzene rings is 1. The highest BCUT2D eigenvalue weighted by molar-refractivity contribution is 9.10. The summed E-state index contributed by atoms with van der Waals surface area (Å²) in [7, 11) is 0. The molecule has 0 heterocycles. The van der Waals surface area contributed by atoms with Crippen LogP contribution in [0.5, 0.6) is 5.75 Å². The largest absolute Gasteiger partial charge is 0.505 e. The maximum atomic E-state index is 13.3. The zero-order chi connectivity index (χ0) is 11.0. The molecule has 90 valence electrons. The van der Waals surface area contributed by atoms with Crippen molar-refractivity contribution >= 4 is 28.3 Å². The van der Waals surface area contributed by atoms with E-state index in [9.17, 15) is 9.50 Å². The summed E-state index contributed by atoms with van der Waals surface area (Å²) in [5.74, 6) is -0.545. The van der Waals surface area contributed by atoms with Crippen molar-refractivity contribution in [2.75, 3.05) is 0 Å². The number of halogens is 3. The molecule has 1 aromatic rings. The lowest BCUT2D eigenvalue weighted by atomic mass is 9.77. The van der Waals surface area contributed by atoms with Gasteiger partial charge in [0, 0.05) is 16.1 Å². The van der Waals surface area contributed by atoms with Crippen LogP contribution in [0.15, 0.2) is 16.6 Å². The summed E-state index contributed by atoms with van der Waals surface area (Å²) in [4.78, 5) is 0. The molecule has 2 rings (SSSR count). The van der Waals surface area contributed by atoms with E-state index in [0.29, 0.717) is 16.0 Å². The second-order valence-corrected chi connectivity index (χ2v) is 4.96. The summed E-state index contributed by atoms with van der Waals surface area (Å²) in [6.07, 6.45) is 3.30. The first-order chi connectivity index (χ1) is 7.09. The van der Waals surface area contributed by atoms with Gasteiger partial charge < -0.3 is 10.8 Å². The number of aromatic hydroxyl groups is 1. The lowest BCUT2D eigenvalue weighted by Gasteiger charge is -2.31. The highest BCUT2D eigenvalue weighted by Crippen LogP contribution is 2.40. The Kier molecular flexibility index (Phi) is 4.59. The van der Waals surface area contributed by atoms with Crippen LogP contribution in [0.25, 0.3) is 0 Å². The van der Waals surface area contributed by atoms with E-state index in [1.165, 1.54) is 12.5 Å². The summed E-state index contributed by atoms with van der Waals surface area (Å²) < 4.78 is 13.9. The van der Waals surface area contributed by atoms with Gasteiger partial charge in [0.2, 0.25) is 0 Å². The van der Waals surface area contributed by atoms with E-state index in [1.807, 2.05) is 0 Å². The smallest absolute Gasteiger partial charge is 0.166 e. The maximum absolute atomic E-state index is 13.3. The Balaban J connectivity index is 0.00000128. The number of phenolic OH excluding ortho intramolecular Hbond substituents is 1. The summed E-state index contributed by atoms with van der Waals surface area (Å²) in [6, 6.07) is 2.68. The zero-order valence-electron chi connectivity index (χ0n) is 8.62. The van der Waals surface area contributed by atoms with Crippen LogP contribution in [0.4, 0.5) is 4.39 Å². The van der Waals surface area contributed by atoms with Gasteiger partial charge in [-0.1, -0.05) is 22.4 Å². The van der Waals surface area contributed by atoms with E-state index in [4.69, 9.17) is 5.73 Å². The first-order valence-electron chi connectivity index (χ1n) is 5.03. The van der Waals surface area contributed by atoms with Crippen LogP contribution < -0.4 is 5.73 Å².